The molecule has 0 amide bonds. The van der Waals surface area contributed by atoms with Crippen molar-refractivity contribution in [2.45, 2.75) is 11.3 Å². The molecule has 0 saturated carbocycles. The summed E-state index contributed by atoms with van der Waals surface area (Å²) in [4.78, 5) is 0.381. The number of sulfone groups is 1. The number of thiol groups is 1. The van der Waals surface area contributed by atoms with Gasteiger partial charge in [-0.05, 0) is 29.9 Å². The molecule has 0 aromatic heterocycles. The molecular weight excluding hydrogens is 204 g/mol. The van der Waals surface area contributed by atoms with Crippen molar-refractivity contribution in [2.24, 2.45) is 0 Å². The molecule has 1 rings (SSSR count). The fourth-order valence-corrected chi connectivity index (χ4v) is 2.01. The van der Waals surface area contributed by atoms with Crippen molar-refractivity contribution < 1.29 is 8.42 Å². The highest BCUT2D eigenvalue weighted by molar-refractivity contribution is 7.90. The van der Waals surface area contributed by atoms with Crippen LogP contribution in [-0.4, -0.2) is 20.4 Å². The smallest absolute Gasteiger partial charge is 0.175 e. The predicted molar refractivity (Wildman–Crippen MR) is 57.1 cm³/mol. The van der Waals surface area contributed by atoms with Gasteiger partial charge in [-0.15, -0.1) is 0 Å². The second kappa shape index (κ2) is 4.15. The molecule has 0 bridgehead atoms. The molecule has 0 heterocycles. The summed E-state index contributed by atoms with van der Waals surface area (Å²) >= 11 is 4.09. The van der Waals surface area contributed by atoms with E-state index in [4.69, 9.17) is 0 Å². The summed E-state index contributed by atoms with van der Waals surface area (Å²) in [6.45, 7) is 0. The van der Waals surface area contributed by atoms with Crippen molar-refractivity contribution in [3.8, 4) is 0 Å². The summed E-state index contributed by atoms with van der Waals surface area (Å²) in [5.74, 6) is 0.729. The molecule has 72 valence electrons. The van der Waals surface area contributed by atoms with Crippen LogP contribution in [0.25, 0.3) is 0 Å². The lowest BCUT2D eigenvalue weighted by Gasteiger charge is -2.01. The molecule has 13 heavy (non-hydrogen) atoms. The maximum absolute atomic E-state index is 11.2. The molecule has 0 N–H and O–H groups in total. The SMILES string of the molecule is CS(=O)(=O)c1cccc(CCS)c1. The molecule has 0 aliphatic heterocycles. The highest BCUT2D eigenvalue weighted by Crippen LogP contribution is 2.11. The lowest BCUT2D eigenvalue weighted by molar-refractivity contribution is 0.602. The Balaban J connectivity index is 3.06. The van der Waals surface area contributed by atoms with E-state index in [1.807, 2.05) is 6.07 Å². The maximum atomic E-state index is 11.2. The molecular formula is C9H12O2S2. The lowest BCUT2D eigenvalue weighted by Crippen LogP contribution is -1.98. The van der Waals surface area contributed by atoms with E-state index in [0.717, 1.165) is 17.7 Å². The number of aryl methyl sites for hydroxylation is 1. The fourth-order valence-electron chi connectivity index (χ4n) is 1.06. The fraction of sp³-hybridized carbons (Fsp3) is 0.333. The predicted octanol–water partition coefficient (Wildman–Crippen LogP) is 1.56. The third kappa shape index (κ3) is 3.04. The summed E-state index contributed by atoms with van der Waals surface area (Å²) < 4.78 is 22.3. The van der Waals surface area contributed by atoms with E-state index in [-0.39, 0.29) is 0 Å². The molecule has 1 aromatic rings. The second-order valence-corrected chi connectivity index (χ2v) is 5.36. The van der Waals surface area contributed by atoms with Gasteiger partial charge in [0, 0.05) is 6.26 Å². The summed E-state index contributed by atoms with van der Waals surface area (Å²) in [5.41, 5.74) is 1.01. The van der Waals surface area contributed by atoms with Gasteiger partial charge < -0.3 is 0 Å². The number of hydrogen-bond donors (Lipinski definition) is 1. The first-order chi connectivity index (χ1) is 6.04. The third-order valence-corrected chi connectivity index (χ3v) is 3.06. The van der Waals surface area contributed by atoms with Crippen molar-refractivity contribution in [1.29, 1.82) is 0 Å². The minimum atomic E-state index is -3.07. The topological polar surface area (TPSA) is 34.1 Å². The average molecular weight is 216 g/mol. The Bertz CT molecular complexity index is 382. The Hall–Kier alpha value is -0.480. The van der Waals surface area contributed by atoms with Crippen LogP contribution in [0.4, 0.5) is 0 Å². The van der Waals surface area contributed by atoms with Crippen LogP contribution in [0.1, 0.15) is 5.56 Å². The van der Waals surface area contributed by atoms with Gasteiger partial charge in [0.2, 0.25) is 0 Å². The van der Waals surface area contributed by atoms with E-state index in [0.29, 0.717) is 4.90 Å². The Kier molecular flexibility index (Phi) is 3.39. The Morgan fingerprint density at radius 2 is 2.08 bits per heavy atom. The minimum absolute atomic E-state index is 0.381. The van der Waals surface area contributed by atoms with Crippen LogP contribution in [0, 0.1) is 0 Å². The van der Waals surface area contributed by atoms with Crippen molar-refractivity contribution in [2.75, 3.05) is 12.0 Å². The zero-order valence-electron chi connectivity index (χ0n) is 7.40. The summed E-state index contributed by atoms with van der Waals surface area (Å²) in [6.07, 6.45) is 2.01. The average Bonchev–Trinajstić information content (AvgIpc) is 2.04. The van der Waals surface area contributed by atoms with Crippen LogP contribution in [0.5, 0.6) is 0 Å². The van der Waals surface area contributed by atoms with Gasteiger partial charge in [-0.3, -0.25) is 0 Å². The van der Waals surface area contributed by atoms with E-state index < -0.39 is 9.84 Å². The molecule has 0 aliphatic rings. The molecule has 1 aromatic carbocycles. The van der Waals surface area contributed by atoms with Gasteiger partial charge in [0.25, 0.3) is 0 Å². The van der Waals surface area contributed by atoms with Gasteiger partial charge in [0.05, 0.1) is 4.90 Å². The standard InChI is InChI=1S/C9H12O2S2/c1-13(10,11)9-4-2-3-8(7-9)5-6-12/h2-4,7,12H,5-6H2,1H3. The summed E-state index contributed by atoms with van der Waals surface area (Å²) in [6, 6.07) is 6.98. The highest BCUT2D eigenvalue weighted by Gasteiger charge is 2.06. The van der Waals surface area contributed by atoms with Gasteiger partial charge in [-0.25, -0.2) is 8.42 Å². The van der Waals surface area contributed by atoms with E-state index in [2.05, 4.69) is 12.6 Å². The molecule has 0 aliphatic carbocycles. The van der Waals surface area contributed by atoms with Crippen LogP contribution in [0.3, 0.4) is 0 Å². The first-order valence-electron chi connectivity index (χ1n) is 3.94. The van der Waals surface area contributed by atoms with E-state index in [1.54, 1.807) is 18.2 Å². The van der Waals surface area contributed by atoms with Gasteiger partial charge in [0.15, 0.2) is 9.84 Å². The van der Waals surface area contributed by atoms with E-state index in [9.17, 15) is 8.42 Å². The normalized spacial score (nSPS) is 11.5. The second-order valence-electron chi connectivity index (χ2n) is 2.89. The Morgan fingerprint density at radius 1 is 1.38 bits per heavy atom. The van der Waals surface area contributed by atoms with Crippen molar-refractivity contribution >= 4 is 22.5 Å². The lowest BCUT2D eigenvalue weighted by atomic mass is 10.2. The van der Waals surface area contributed by atoms with Gasteiger partial charge in [-0.2, -0.15) is 12.6 Å². The third-order valence-electron chi connectivity index (χ3n) is 1.73. The first kappa shape index (κ1) is 10.6. The molecule has 0 unspecified atom stereocenters. The zero-order valence-corrected chi connectivity index (χ0v) is 9.11. The van der Waals surface area contributed by atoms with E-state index in [1.165, 1.54) is 6.26 Å². The van der Waals surface area contributed by atoms with Crippen LogP contribution in [0.15, 0.2) is 29.2 Å². The molecule has 0 spiro atoms. The van der Waals surface area contributed by atoms with Crippen molar-refractivity contribution in [3.05, 3.63) is 29.8 Å². The maximum Gasteiger partial charge on any atom is 0.175 e. The van der Waals surface area contributed by atoms with Crippen molar-refractivity contribution in [1.82, 2.24) is 0 Å². The van der Waals surface area contributed by atoms with Crippen LogP contribution >= 0.6 is 12.6 Å². The minimum Gasteiger partial charge on any atom is -0.224 e. The molecule has 4 heteroatoms. The number of benzene rings is 1. The molecule has 0 saturated heterocycles. The monoisotopic (exact) mass is 216 g/mol. The van der Waals surface area contributed by atoms with Gasteiger partial charge in [0.1, 0.15) is 0 Å². The van der Waals surface area contributed by atoms with Crippen LogP contribution < -0.4 is 0 Å². The molecule has 0 fully saturated rings. The largest absolute Gasteiger partial charge is 0.224 e. The molecule has 0 radical (unpaired) electrons. The Morgan fingerprint density at radius 3 is 2.62 bits per heavy atom. The molecule has 2 nitrogen and oxygen atoms in total. The van der Waals surface area contributed by atoms with Crippen LogP contribution in [0.2, 0.25) is 0 Å². The van der Waals surface area contributed by atoms with Crippen LogP contribution in [-0.2, 0) is 16.3 Å². The first-order valence-corrected chi connectivity index (χ1v) is 6.46. The highest BCUT2D eigenvalue weighted by atomic mass is 32.2. The summed E-state index contributed by atoms with van der Waals surface area (Å²) in [5, 5.41) is 0. The Labute approximate surface area is 84.3 Å². The van der Waals surface area contributed by atoms with Crippen molar-refractivity contribution in [3.63, 3.8) is 0 Å². The molecule has 0 atom stereocenters. The summed E-state index contributed by atoms with van der Waals surface area (Å²) in [7, 11) is -3.07. The van der Waals surface area contributed by atoms with Gasteiger partial charge in [-0.1, -0.05) is 12.1 Å². The quantitative estimate of drug-likeness (QED) is 0.778. The zero-order chi connectivity index (χ0) is 9.90. The van der Waals surface area contributed by atoms with Gasteiger partial charge >= 0.3 is 0 Å². The number of rotatable bonds is 3. The van der Waals surface area contributed by atoms with E-state index >= 15 is 0 Å². The number of hydrogen-bond acceptors (Lipinski definition) is 3.